The Morgan fingerprint density at radius 2 is 2.00 bits per heavy atom. The van der Waals surface area contributed by atoms with Gasteiger partial charge in [-0.2, -0.15) is 0 Å². The van der Waals surface area contributed by atoms with Crippen LogP contribution in [0.15, 0.2) is 24.3 Å². The summed E-state index contributed by atoms with van der Waals surface area (Å²) in [4.78, 5) is 8.27. The molecule has 0 spiro atoms. The maximum absolute atomic E-state index is 13.0. The smallest absolute Gasteiger partial charge is 0.156 e. The molecule has 0 aliphatic carbocycles. The SMILES string of the molecule is COCc1nc(Cl)cc(-c2ccc(F)cc2Cl)n1. The third kappa shape index (κ3) is 2.96. The Labute approximate surface area is 114 Å². The van der Waals surface area contributed by atoms with E-state index in [2.05, 4.69) is 9.97 Å². The second kappa shape index (κ2) is 5.61. The number of ether oxygens (including phenoxy) is 1. The summed E-state index contributed by atoms with van der Waals surface area (Å²) < 4.78 is 17.9. The number of hydrogen-bond acceptors (Lipinski definition) is 3. The van der Waals surface area contributed by atoms with Gasteiger partial charge in [0.2, 0.25) is 0 Å². The van der Waals surface area contributed by atoms with E-state index in [0.29, 0.717) is 17.1 Å². The van der Waals surface area contributed by atoms with Crippen LogP contribution in [0.25, 0.3) is 11.3 Å². The zero-order valence-electron chi connectivity index (χ0n) is 9.45. The first-order valence-corrected chi connectivity index (χ1v) is 5.83. The molecule has 0 saturated heterocycles. The number of aromatic nitrogens is 2. The minimum Gasteiger partial charge on any atom is -0.377 e. The molecule has 0 aliphatic rings. The lowest BCUT2D eigenvalue weighted by Gasteiger charge is -2.06. The van der Waals surface area contributed by atoms with Crippen LogP contribution in [0, 0.1) is 5.82 Å². The van der Waals surface area contributed by atoms with Crippen molar-refractivity contribution in [2.75, 3.05) is 7.11 Å². The Morgan fingerprint density at radius 3 is 2.67 bits per heavy atom. The van der Waals surface area contributed by atoms with Crippen LogP contribution < -0.4 is 0 Å². The molecule has 0 fully saturated rings. The van der Waals surface area contributed by atoms with Gasteiger partial charge in [0.25, 0.3) is 0 Å². The van der Waals surface area contributed by atoms with E-state index in [1.165, 1.54) is 19.2 Å². The zero-order chi connectivity index (χ0) is 13.1. The molecule has 0 bridgehead atoms. The molecule has 18 heavy (non-hydrogen) atoms. The van der Waals surface area contributed by atoms with Crippen molar-refractivity contribution in [2.24, 2.45) is 0 Å². The van der Waals surface area contributed by atoms with Crippen molar-refractivity contribution in [1.82, 2.24) is 9.97 Å². The van der Waals surface area contributed by atoms with Gasteiger partial charge in [0, 0.05) is 18.7 Å². The lowest BCUT2D eigenvalue weighted by molar-refractivity contribution is 0.178. The van der Waals surface area contributed by atoms with Crippen LogP contribution in [0.1, 0.15) is 5.82 Å². The molecule has 2 aromatic rings. The van der Waals surface area contributed by atoms with Crippen molar-refractivity contribution in [3.05, 3.63) is 46.1 Å². The van der Waals surface area contributed by atoms with Crippen LogP contribution in [0.3, 0.4) is 0 Å². The van der Waals surface area contributed by atoms with Gasteiger partial charge >= 0.3 is 0 Å². The molecule has 0 unspecified atom stereocenters. The molecular formula is C12H9Cl2FN2O. The fraction of sp³-hybridized carbons (Fsp3) is 0.167. The predicted octanol–water partition coefficient (Wildman–Crippen LogP) is 3.74. The highest BCUT2D eigenvalue weighted by Crippen LogP contribution is 2.28. The third-order valence-electron chi connectivity index (χ3n) is 2.22. The van der Waals surface area contributed by atoms with Crippen molar-refractivity contribution in [3.63, 3.8) is 0 Å². The first-order chi connectivity index (χ1) is 8.60. The maximum atomic E-state index is 13.0. The Kier molecular flexibility index (Phi) is 4.11. The van der Waals surface area contributed by atoms with Crippen molar-refractivity contribution in [1.29, 1.82) is 0 Å². The first-order valence-electron chi connectivity index (χ1n) is 5.08. The van der Waals surface area contributed by atoms with Gasteiger partial charge < -0.3 is 4.74 Å². The molecular weight excluding hydrogens is 278 g/mol. The highest BCUT2D eigenvalue weighted by atomic mass is 35.5. The number of methoxy groups -OCH3 is 1. The maximum Gasteiger partial charge on any atom is 0.156 e. The number of benzene rings is 1. The van der Waals surface area contributed by atoms with Gasteiger partial charge in [0.1, 0.15) is 17.6 Å². The number of rotatable bonds is 3. The van der Waals surface area contributed by atoms with E-state index in [0.717, 1.165) is 0 Å². The Bertz CT molecular complexity index is 578. The summed E-state index contributed by atoms with van der Waals surface area (Å²) in [7, 11) is 1.54. The molecule has 94 valence electrons. The molecule has 2 rings (SSSR count). The van der Waals surface area contributed by atoms with Gasteiger partial charge in [0.05, 0.1) is 10.7 Å². The molecule has 1 aromatic carbocycles. The van der Waals surface area contributed by atoms with Crippen molar-refractivity contribution in [3.8, 4) is 11.3 Å². The van der Waals surface area contributed by atoms with Crippen molar-refractivity contribution >= 4 is 23.2 Å². The highest BCUT2D eigenvalue weighted by molar-refractivity contribution is 6.33. The van der Waals surface area contributed by atoms with E-state index < -0.39 is 5.82 Å². The number of halogens is 3. The standard InChI is InChI=1S/C12H9Cl2FN2O/c1-18-6-12-16-10(5-11(14)17-12)8-3-2-7(15)4-9(8)13/h2-5H,6H2,1H3. The Hall–Kier alpha value is -1.23. The van der Waals surface area contributed by atoms with Crippen LogP contribution in [-0.2, 0) is 11.3 Å². The fourth-order valence-electron chi connectivity index (χ4n) is 1.49. The molecule has 0 radical (unpaired) electrons. The quantitative estimate of drug-likeness (QED) is 0.807. The lowest BCUT2D eigenvalue weighted by atomic mass is 10.1. The lowest BCUT2D eigenvalue weighted by Crippen LogP contribution is -1.99. The minimum absolute atomic E-state index is 0.242. The molecule has 6 heteroatoms. The summed E-state index contributed by atoms with van der Waals surface area (Å²) in [5, 5.41) is 0.556. The molecule has 0 aliphatic heterocycles. The predicted molar refractivity (Wildman–Crippen MR) is 68.2 cm³/mol. The van der Waals surface area contributed by atoms with Crippen molar-refractivity contribution < 1.29 is 9.13 Å². The number of hydrogen-bond donors (Lipinski definition) is 0. The molecule has 1 heterocycles. The average molecular weight is 287 g/mol. The van der Waals surface area contributed by atoms with Gasteiger partial charge in [-0.25, -0.2) is 14.4 Å². The van der Waals surface area contributed by atoms with E-state index in [9.17, 15) is 4.39 Å². The topological polar surface area (TPSA) is 35.0 Å². The van der Waals surface area contributed by atoms with Crippen LogP contribution >= 0.6 is 23.2 Å². The second-order valence-electron chi connectivity index (χ2n) is 3.55. The Balaban J connectivity index is 2.49. The van der Waals surface area contributed by atoms with Crippen molar-refractivity contribution in [2.45, 2.75) is 6.61 Å². The zero-order valence-corrected chi connectivity index (χ0v) is 11.0. The van der Waals surface area contributed by atoms with E-state index in [1.807, 2.05) is 0 Å². The Morgan fingerprint density at radius 1 is 1.22 bits per heavy atom. The largest absolute Gasteiger partial charge is 0.377 e. The second-order valence-corrected chi connectivity index (χ2v) is 4.34. The summed E-state index contributed by atoms with van der Waals surface area (Å²) in [6, 6.07) is 5.66. The van der Waals surface area contributed by atoms with Crippen LogP contribution in [0.5, 0.6) is 0 Å². The van der Waals surface area contributed by atoms with Crippen LogP contribution in [-0.4, -0.2) is 17.1 Å². The minimum atomic E-state index is -0.402. The highest BCUT2D eigenvalue weighted by Gasteiger charge is 2.09. The summed E-state index contributed by atoms with van der Waals surface area (Å²) >= 11 is 11.9. The molecule has 0 atom stereocenters. The van der Waals surface area contributed by atoms with Crippen LogP contribution in [0.4, 0.5) is 4.39 Å². The normalized spacial score (nSPS) is 10.7. The van der Waals surface area contributed by atoms with Gasteiger partial charge in [0.15, 0.2) is 5.82 Å². The van der Waals surface area contributed by atoms with Crippen LogP contribution in [0.2, 0.25) is 10.2 Å². The summed E-state index contributed by atoms with van der Waals surface area (Å²) in [5.41, 5.74) is 1.13. The van der Waals surface area contributed by atoms with Gasteiger partial charge in [-0.3, -0.25) is 0 Å². The third-order valence-corrected chi connectivity index (χ3v) is 2.73. The van der Waals surface area contributed by atoms with E-state index in [1.54, 1.807) is 12.1 Å². The average Bonchev–Trinajstić information content (AvgIpc) is 2.28. The van der Waals surface area contributed by atoms with E-state index in [4.69, 9.17) is 27.9 Å². The molecule has 3 nitrogen and oxygen atoms in total. The number of nitrogens with zero attached hydrogens (tertiary/aromatic N) is 2. The van der Waals surface area contributed by atoms with E-state index >= 15 is 0 Å². The summed E-state index contributed by atoms with van der Waals surface area (Å²) in [6.07, 6.45) is 0. The van der Waals surface area contributed by atoms with Gasteiger partial charge in [-0.15, -0.1) is 0 Å². The molecule has 0 amide bonds. The summed E-state index contributed by atoms with van der Waals surface area (Å²) in [6.45, 7) is 0.242. The molecule has 0 N–H and O–H groups in total. The first kappa shape index (κ1) is 13.2. The monoisotopic (exact) mass is 286 g/mol. The fourth-order valence-corrected chi connectivity index (χ4v) is 1.96. The van der Waals surface area contributed by atoms with E-state index in [-0.39, 0.29) is 16.8 Å². The summed E-state index contributed by atoms with van der Waals surface area (Å²) in [5.74, 6) is 0.0430. The van der Waals surface area contributed by atoms with Gasteiger partial charge in [-0.1, -0.05) is 23.2 Å². The molecule has 1 aromatic heterocycles. The van der Waals surface area contributed by atoms with Gasteiger partial charge in [-0.05, 0) is 18.2 Å². The molecule has 0 saturated carbocycles.